The molecule has 15 heteroatoms. The second-order valence-electron chi connectivity index (χ2n) is 18.1. The zero-order valence-electron chi connectivity index (χ0n) is 35.0. The van der Waals surface area contributed by atoms with Crippen molar-refractivity contribution in [2.24, 2.45) is 5.84 Å². The second-order valence-corrected chi connectivity index (χ2v) is 19.6. The van der Waals surface area contributed by atoms with E-state index in [1.54, 1.807) is 65.7 Å². The fourth-order valence-corrected chi connectivity index (χ4v) is 9.98. The highest BCUT2D eigenvalue weighted by Crippen LogP contribution is 2.58. The number of halogens is 2. The van der Waals surface area contributed by atoms with Crippen molar-refractivity contribution in [2.45, 2.75) is 102 Å². The lowest BCUT2D eigenvalue weighted by Gasteiger charge is -2.28. The summed E-state index contributed by atoms with van der Waals surface area (Å²) >= 11 is 1.62. The Morgan fingerprint density at radius 1 is 0.917 bits per heavy atom. The van der Waals surface area contributed by atoms with E-state index in [1.165, 1.54) is 0 Å². The van der Waals surface area contributed by atoms with E-state index in [4.69, 9.17) is 10.6 Å². The number of nitrogens with two attached hydrogens (primary N) is 1. The van der Waals surface area contributed by atoms with Gasteiger partial charge in [0.05, 0.1) is 23.4 Å². The van der Waals surface area contributed by atoms with Crippen molar-refractivity contribution in [2.75, 3.05) is 20.1 Å². The number of carbonyl (C=O) groups is 2. The Balaban J connectivity index is 0.000000657. The molecule has 60 heavy (non-hydrogen) atoms. The average Bonchev–Trinajstić information content (AvgIpc) is 3.59. The van der Waals surface area contributed by atoms with Gasteiger partial charge in [-0.1, -0.05) is 30.3 Å². The number of ether oxygens (including phenoxy) is 2. The van der Waals surface area contributed by atoms with Crippen LogP contribution >= 0.6 is 12.1 Å². The quantitative estimate of drug-likeness (QED) is 0.0519. The van der Waals surface area contributed by atoms with Gasteiger partial charge in [0, 0.05) is 60.4 Å². The molecule has 0 saturated carbocycles. The van der Waals surface area contributed by atoms with Gasteiger partial charge in [-0.25, -0.2) is 14.1 Å². The lowest BCUT2D eigenvalue weighted by Crippen LogP contribution is -2.36. The first-order valence-electron chi connectivity index (χ1n) is 20.4. The number of pyridine rings is 1. The van der Waals surface area contributed by atoms with Crippen LogP contribution in [-0.4, -0.2) is 78.1 Å². The first-order chi connectivity index (χ1) is 28.3. The number of imidazole rings is 1. The minimum Gasteiger partial charge on any atom is -0.462 e. The van der Waals surface area contributed by atoms with Gasteiger partial charge in [0.15, 0.2) is 29.4 Å². The zero-order valence-corrected chi connectivity index (χ0v) is 35.8. The molecule has 4 atom stereocenters. The number of amides is 1. The van der Waals surface area contributed by atoms with E-state index in [2.05, 4.69) is 24.0 Å². The van der Waals surface area contributed by atoms with Crippen molar-refractivity contribution in [3.63, 3.8) is 0 Å². The molecule has 3 aromatic carbocycles. The summed E-state index contributed by atoms with van der Waals surface area (Å²) in [5.41, 5.74) is 3.57. The van der Waals surface area contributed by atoms with E-state index in [0.717, 1.165) is 31.6 Å². The lowest BCUT2D eigenvalue weighted by molar-refractivity contribution is -0.699. The Bertz CT molecular complexity index is 2550. The molecule has 0 radical (unpaired) electrons. The number of H-pyrrole nitrogens is 2. The highest BCUT2D eigenvalue weighted by Gasteiger charge is 2.70. The van der Waals surface area contributed by atoms with Crippen LogP contribution in [-0.2, 0) is 20.2 Å². The molecule has 9 rings (SSSR count). The van der Waals surface area contributed by atoms with Gasteiger partial charge in [-0.2, -0.15) is 18.6 Å². The van der Waals surface area contributed by atoms with Gasteiger partial charge in [0.25, 0.3) is 12.4 Å². The number of carbonyl (C=O) groups excluding carboxylic acids is 2. The molecule has 1 aliphatic carbocycles. The zero-order chi connectivity index (χ0) is 42.9. The minimum absolute atomic E-state index is 0.0317. The van der Waals surface area contributed by atoms with E-state index in [9.17, 15) is 14.4 Å². The van der Waals surface area contributed by atoms with Crippen LogP contribution in [0.25, 0.3) is 44.4 Å². The number of likely N-dealkylation sites (tertiary alicyclic amines) is 1. The van der Waals surface area contributed by atoms with E-state index in [1.807, 2.05) is 66.8 Å². The van der Waals surface area contributed by atoms with Crippen molar-refractivity contribution < 1.29 is 31.8 Å². The van der Waals surface area contributed by atoms with Gasteiger partial charge in [0.1, 0.15) is 11.2 Å². The van der Waals surface area contributed by atoms with E-state index in [-0.39, 0.29) is 40.3 Å². The molecule has 3 saturated heterocycles. The first kappa shape index (κ1) is 41.6. The Morgan fingerprint density at radius 2 is 1.57 bits per heavy atom. The predicted molar refractivity (Wildman–Crippen MR) is 228 cm³/mol. The predicted octanol–water partition coefficient (Wildman–Crippen LogP) is 9.14. The topological polar surface area (TPSA) is 147 Å². The molecule has 0 spiro atoms. The largest absolute Gasteiger partial charge is 0.462 e. The molecule has 4 aliphatic rings. The number of alkyl halides is 2. The summed E-state index contributed by atoms with van der Waals surface area (Å²) in [7, 11) is 2.05. The number of benzene rings is 3. The number of aromatic amines is 2. The number of rotatable bonds is 5. The first-order valence-corrected chi connectivity index (χ1v) is 21.1. The molecular weight excluding hydrogens is 789 g/mol. The van der Waals surface area contributed by atoms with Gasteiger partial charge in [0.2, 0.25) is 6.04 Å². The fraction of sp³-hybridized carbons (Fsp3) is 0.422. The summed E-state index contributed by atoms with van der Waals surface area (Å²) in [6.45, 7) is 12.9. The van der Waals surface area contributed by atoms with Crippen LogP contribution in [0.4, 0.5) is 13.6 Å². The molecule has 1 amide bonds. The van der Waals surface area contributed by atoms with E-state index < -0.39 is 17.6 Å². The number of aromatic nitrogens is 3. The standard InChI is InChI=1S/C40H41F2N7O3S.C5H10O2/c1-39(2,3)52-38(51)48-16-5-7-33(48)31-20-35(50)27-14-10-23(19-30(27)45-31)22-9-12-25-26-13-11-24(18-29(26)40(41,42)28(25)17-22)32-21-44-37(46-32)36-34-8-6-15-47(4)53-49(34,36)43;1-5(2,3)7-4-6/h9-14,17-21,33-34,36H,5-8,15-16,43H2,1-4H3,(H-,44,45,46,50);4H,1-3H3/p+1/t33?,34?,36-,49?;/m0./s1. The van der Waals surface area contributed by atoms with Gasteiger partial charge < -0.3 is 19.4 Å². The third kappa shape index (κ3) is 7.83. The Morgan fingerprint density at radius 3 is 2.23 bits per heavy atom. The highest BCUT2D eigenvalue weighted by molar-refractivity contribution is 7.91. The number of nitrogens with zero attached hydrogens (tertiary/aromatic N) is 4. The van der Waals surface area contributed by atoms with Crippen LogP contribution in [0.3, 0.4) is 0 Å². The average molecular weight is 841 g/mol. The van der Waals surface area contributed by atoms with Crippen LogP contribution in [0.5, 0.6) is 0 Å². The highest BCUT2D eigenvalue weighted by atomic mass is 32.2. The maximum Gasteiger partial charge on any atom is 0.410 e. The number of nitrogens with one attached hydrogen (secondary N) is 2. The van der Waals surface area contributed by atoms with Gasteiger partial charge >= 0.3 is 6.09 Å². The fourth-order valence-electron chi connectivity index (χ4n) is 8.66. The van der Waals surface area contributed by atoms with Gasteiger partial charge in [-0.05, 0) is 107 Å². The van der Waals surface area contributed by atoms with Crippen molar-refractivity contribution in [1.29, 1.82) is 0 Å². The summed E-state index contributed by atoms with van der Waals surface area (Å²) in [5.74, 6) is 4.30. The van der Waals surface area contributed by atoms with Gasteiger partial charge in [-0.3, -0.25) is 14.5 Å². The monoisotopic (exact) mass is 840 g/mol. The molecule has 3 unspecified atom stereocenters. The molecular formula is C45H52F2N7O5S+. The van der Waals surface area contributed by atoms with Crippen LogP contribution in [0.2, 0.25) is 0 Å². The lowest BCUT2D eigenvalue weighted by atomic mass is 9.97. The van der Waals surface area contributed by atoms with Crippen molar-refractivity contribution in [3.05, 3.63) is 99.7 Å². The van der Waals surface area contributed by atoms with E-state index >= 15 is 8.78 Å². The SMILES string of the molecule is CC(C)(C)OC=O.CN1CCCC2[C@@H](c3ncc(-c4ccc5c(c4)C(F)(F)c4cc(-c6ccc7c(=O)cc(C8CCCN8C(=O)OC(C)(C)C)[nH]c7c6)ccc4-5)[nH]3)[N+]2(N)S1. The Labute approximate surface area is 352 Å². The molecule has 4 N–H and O–H groups in total. The molecule has 12 nitrogen and oxygen atoms in total. The van der Waals surface area contributed by atoms with Crippen LogP contribution in [0.1, 0.15) is 102 Å². The van der Waals surface area contributed by atoms with Crippen molar-refractivity contribution in [3.8, 4) is 33.5 Å². The van der Waals surface area contributed by atoms with Gasteiger partial charge in [-0.15, -0.1) is 0 Å². The molecule has 5 aromatic rings. The molecule has 0 bridgehead atoms. The molecule has 5 heterocycles. The summed E-state index contributed by atoms with van der Waals surface area (Å²) in [6, 6.07) is 17.2. The second kappa shape index (κ2) is 15.1. The summed E-state index contributed by atoms with van der Waals surface area (Å²) in [4.78, 5) is 49.0. The van der Waals surface area contributed by atoms with Crippen LogP contribution in [0.15, 0.2) is 71.7 Å². The number of fused-ring (bicyclic) bond motifs is 5. The number of quaternary nitrogens is 1. The molecule has 2 aromatic heterocycles. The van der Waals surface area contributed by atoms with Crippen LogP contribution in [0, 0.1) is 0 Å². The van der Waals surface area contributed by atoms with Crippen LogP contribution < -0.4 is 11.3 Å². The smallest absolute Gasteiger partial charge is 0.410 e. The summed E-state index contributed by atoms with van der Waals surface area (Å²) < 4.78 is 45.5. The minimum atomic E-state index is -3.23. The Kier molecular flexibility index (Phi) is 10.5. The number of hydrogen-bond donors (Lipinski definition) is 3. The maximum atomic E-state index is 16.4. The maximum absolute atomic E-state index is 16.4. The summed E-state index contributed by atoms with van der Waals surface area (Å²) in [5, 5.41) is 0.482. The number of hydrogen-bond acceptors (Lipinski definition) is 9. The Hall–Kier alpha value is -5.09. The third-order valence-electron chi connectivity index (χ3n) is 11.5. The van der Waals surface area contributed by atoms with Crippen molar-refractivity contribution >= 4 is 35.6 Å². The molecule has 3 aliphatic heterocycles. The van der Waals surface area contributed by atoms with E-state index in [0.29, 0.717) is 73.5 Å². The molecule has 316 valence electrons. The van der Waals surface area contributed by atoms with Crippen molar-refractivity contribution in [1.82, 2.24) is 24.2 Å². The summed E-state index contributed by atoms with van der Waals surface area (Å²) in [6.07, 6.45) is 4.84. The normalized spacial score (nSPS) is 23.2. The molecule has 3 fully saturated rings. The third-order valence-corrected chi connectivity index (χ3v) is 12.7.